The highest BCUT2D eigenvalue weighted by Crippen LogP contribution is 2.37. The van der Waals surface area contributed by atoms with Crippen LogP contribution in [0.25, 0.3) is 0 Å². The fourth-order valence-corrected chi connectivity index (χ4v) is 2.47. The van der Waals surface area contributed by atoms with Crippen LogP contribution in [0.2, 0.25) is 0 Å². The van der Waals surface area contributed by atoms with E-state index in [-0.39, 0.29) is 5.41 Å². The summed E-state index contributed by atoms with van der Waals surface area (Å²) in [6.45, 7) is 5.16. The fourth-order valence-electron chi connectivity index (χ4n) is 2.47. The topological polar surface area (TPSA) is 26.0 Å². The van der Waals surface area contributed by atoms with Crippen molar-refractivity contribution < 1.29 is 0 Å². The maximum Gasteiger partial charge on any atom is 0.0113 e. The Morgan fingerprint density at radius 1 is 0.944 bits per heavy atom. The summed E-state index contributed by atoms with van der Waals surface area (Å²) in [7, 11) is 0. The van der Waals surface area contributed by atoms with E-state index in [0.29, 0.717) is 12.5 Å². The predicted octanol–water partition coefficient (Wildman–Crippen LogP) is 3.71. The molecule has 94 valence electrons. The molecular formula is C17H21N. The fraction of sp³-hybridized carbons (Fsp3) is 0.294. The molecule has 2 unspecified atom stereocenters. The average molecular weight is 239 g/mol. The molecule has 0 aliphatic rings. The van der Waals surface area contributed by atoms with Gasteiger partial charge in [0.15, 0.2) is 0 Å². The molecule has 0 saturated heterocycles. The molecule has 0 aliphatic carbocycles. The van der Waals surface area contributed by atoms with Crippen molar-refractivity contribution in [1.29, 1.82) is 0 Å². The van der Waals surface area contributed by atoms with Gasteiger partial charge in [-0.05, 0) is 17.0 Å². The van der Waals surface area contributed by atoms with E-state index in [0.717, 1.165) is 0 Å². The Morgan fingerprint density at radius 3 is 1.94 bits per heavy atom. The van der Waals surface area contributed by atoms with Crippen LogP contribution in [0.15, 0.2) is 60.7 Å². The van der Waals surface area contributed by atoms with Gasteiger partial charge in [-0.1, -0.05) is 74.5 Å². The van der Waals surface area contributed by atoms with Crippen LogP contribution in [0.5, 0.6) is 0 Å². The van der Waals surface area contributed by atoms with Crippen LogP contribution in [0.3, 0.4) is 0 Å². The zero-order valence-corrected chi connectivity index (χ0v) is 11.1. The molecule has 0 aliphatic heterocycles. The van der Waals surface area contributed by atoms with Crippen LogP contribution in [0.4, 0.5) is 0 Å². The third-order valence-corrected chi connectivity index (χ3v) is 4.11. The molecule has 0 fully saturated rings. The van der Waals surface area contributed by atoms with E-state index >= 15 is 0 Å². The summed E-state index contributed by atoms with van der Waals surface area (Å²) in [5.41, 5.74) is 8.70. The van der Waals surface area contributed by atoms with Gasteiger partial charge in [-0.15, -0.1) is 0 Å². The van der Waals surface area contributed by atoms with Gasteiger partial charge in [-0.2, -0.15) is 0 Å². The van der Waals surface area contributed by atoms with Crippen molar-refractivity contribution in [3.8, 4) is 0 Å². The maximum absolute atomic E-state index is 6.08. The summed E-state index contributed by atoms with van der Waals surface area (Å²) < 4.78 is 0. The van der Waals surface area contributed by atoms with Gasteiger partial charge in [-0.25, -0.2) is 0 Å². The zero-order chi connectivity index (χ0) is 13.0. The van der Waals surface area contributed by atoms with E-state index in [1.807, 2.05) is 6.07 Å². The van der Waals surface area contributed by atoms with Crippen LogP contribution in [-0.2, 0) is 5.41 Å². The van der Waals surface area contributed by atoms with E-state index in [9.17, 15) is 0 Å². The highest BCUT2D eigenvalue weighted by molar-refractivity contribution is 5.33. The lowest BCUT2D eigenvalue weighted by molar-refractivity contribution is 0.406. The van der Waals surface area contributed by atoms with Gasteiger partial charge in [0, 0.05) is 12.0 Å². The van der Waals surface area contributed by atoms with Gasteiger partial charge in [-0.3, -0.25) is 0 Å². The normalized spacial score (nSPS) is 15.9. The van der Waals surface area contributed by atoms with E-state index in [1.54, 1.807) is 0 Å². The molecule has 0 bridgehead atoms. The molecule has 2 aromatic carbocycles. The molecular weight excluding hydrogens is 218 g/mol. The molecule has 0 radical (unpaired) electrons. The van der Waals surface area contributed by atoms with Crippen molar-refractivity contribution in [3.63, 3.8) is 0 Å². The third-order valence-electron chi connectivity index (χ3n) is 4.11. The first-order valence-electron chi connectivity index (χ1n) is 6.49. The van der Waals surface area contributed by atoms with Crippen LogP contribution >= 0.6 is 0 Å². The quantitative estimate of drug-likeness (QED) is 0.865. The van der Waals surface area contributed by atoms with Crippen molar-refractivity contribution in [3.05, 3.63) is 71.8 Å². The summed E-state index contributed by atoms with van der Waals surface area (Å²) in [6.07, 6.45) is 0. The van der Waals surface area contributed by atoms with Crippen LogP contribution in [0.1, 0.15) is 30.9 Å². The van der Waals surface area contributed by atoms with E-state index < -0.39 is 0 Å². The zero-order valence-electron chi connectivity index (χ0n) is 11.1. The SMILES string of the molecule is CC(c1ccccc1)C(C)(CN)c1ccccc1. The number of hydrogen-bond donors (Lipinski definition) is 1. The first-order chi connectivity index (χ1) is 8.68. The van der Waals surface area contributed by atoms with Gasteiger partial charge in [0.2, 0.25) is 0 Å². The lowest BCUT2D eigenvalue weighted by Gasteiger charge is -2.35. The summed E-state index contributed by atoms with van der Waals surface area (Å²) in [5.74, 6) is 0.395. The molecule has 2 aromatic rings. The minimum Gasteiger partial charge on any atom is -0.330 e. The molecule has 0 amide bonds. The Hall–Kier alpha value is -1.60. The summed E-state index contributed by atoms with van der Waals surface area (Å²) >= 11 is 0. The molecule has 1 nitrogen and oxygen atoms in total. The second-order valence-electron chi connectivity index (χ2n) is 5.12. The molecule has 0 saturated carbocycles. The molecule has 2 atom stereocenters. The molecule has 0 aromatic heterocycles. The van der Waals surface area contributed by atoms with Crippen molar-refractivity contribution in [2.24, 2.45) is 5.73 Å². The molecule has 2 N–H and O–H groups in total. The molecule has 18 heavy (non-hydrogen) atoms. The summed E-state index contributed by atoms with van der Waals surface area (Å²) in [5, 5.41) is 0. The lowest BCUT2D eigenvalue weighted by atomic mass is 9.70. The van der Waals surface area contributed by atoms with E-state index in [2.05, 4.69) is 68.4 Å². The van der Waals surface area contributed by atoms with Gasteiger partial charge in [0.1, 0.15) is 0 Å². The van der Waals surface area contributed by atoms with Gasteiger partial charge in [0.05, 0.1) is 0 Å². The molecule has 2 rings (SSSR count). The van der Waals surface area contributed by atoms with Crippen molar-refractivity contribution >= 4 is 0 Å². The van der Waals surface area contributed by atoms with Gasteiger partial charge < -0.3 is 5.73 Å². The van der Waals surface area contributed by atoms with Gasteiger partial charge in [0.25, 0.3) is 0 Å². The molecule has 0 heterocycles. The minimum atomic E-state index is -0.0252. The highest BCUT2D eigenvalue weighted by atomic mass is 14.6. The number of nitrogens with two attached hydrogens (primary N) is 1. The first-order valence-corrected chi connectivity index (χ1v) is 6.49. The second kappa shape index (κ2) is 5.36. The Bertz CT molecular complexity index is 477. The maximum atomic E-state index is 6.08. The summed E-state index contributed by atoms with van der Waals surface area (Å²) in [6, 6.07) is 21.2. The smallest absolute Gasteiger partial charge is 0.0113 e. The summed E-state index contributed by atoms with van der Waals surface area (Å²) in [4.78, 5) is 0. The lowest BCUT2D eigenvalue weighted by Crippen LogP contribution is -2.37. The second-order valence-corrected chi connectivity index (χ2v) is 5.12. The largest absolute Gasteiger partial charge is 0.330 e. The van der Waals surface area contributed by atoms with Crippen molar-refractivity contribution in [2.75, 3.05) is 6.54 Å². The average Bonchev–Trinajstić information content (AvgIpc) is 2.47. The van der Waals surface area contributed by atoms with Crippen LogP contribution in [0, 0.1) is 0 Å². The minimum absolute atomic E-state index is 0.0252. The van der Waals surface area contributed by atoms with Crippen LogP contribution in [-0.4, -0.2) is 6.54 Å². The molecule has 0 spiro atoms. The Labute approximate surface area is 110 Å². The third kappa shape index (κ3) is 2.32. The monoisotopic (exact) mass is 239 g/mol. The number of benzene rings is 2. The van der Waals surface area contributed by atoms with E-state index in [4.69, 9.17) is 5.73 Å². The van der Waals surface area contributed by atoms with Crippen molar-refractivity contribution in [2.45, 2.75) is 25.2 Å². The van der Waals surface area contributed by atoms with Crippen molar-refractivity contribution in [1.82, 2.24) is 0 Å². The first kappa shape index (κ1) is 12.8. The number of hydrogen-bond acceptors (Lipinski definition) is 1. The van der Waals surface area contributed by atoms with Gasteiger partial charge >= 0.3 is 0 Å². The Balaban J connectivity index is 2.39. The predicted molar refractivity (Wildman–Crippen MR) is 77.7 cm³/mol. The standard InChI is InChI=1S/C17H21N/c1-14(15-9-5-3-6-10-15)17(2,13-18)16-11-7-4-8-12-16/h3-12,14H,13,18H2,1-2H3. The Morgan fingerprint density at radius 2 is 1.44 bits per heavy atom. The van der Waals surface area contributed by atoms with Crippen LogP contribution < -0.4 is 5.73 Å². The van der Waals surface area contributed by atoms with E-state index in [1.165, 1.54) is 11.1 Å². The highest BCUT2D eigenvalue weighted by Gasteiger charge is 2.32. The number of rotatable bonds is 4. The molecule has 1 heteroatoms. The Kier molecular flexibility index (Phi) is 3.83.